The maximum atomic E-state index is 12.8. The molecule has 0 aromatic carbocycles. The van der Waals surface area contributed by atoms with Gasteiger partial charge in [0.25, 0.3) is 0 Å². The average molecular weight is 480 g/mol. The molecule has 0 radical (unpaired) electrons. The molecule has 6 atom stereocenters. The lowest BCUT2D eigenvalue weighted by Crippen LogP contribution is -2.56. The van der Waals surface area contributed by atoms with E-state index in [0.717, 1.165) is 38.5 Å². The molecule has 2 saturated heterocycles. The first-order valence-electron chi connectivity index (χ1n) is 12.7. The molecule has 0 aromatic rings. The highest BCUT2D eigenvalue weighted by Gasteiger charge is 2.72. The van der Waals surface area contributed by atoms with Gasteiger partial charge in [0.2, 0.25) is 5.91 Å². The quantitative estimate of drug-likeness (QED) is 0.360. The van der Waals surface area contributed by atoms with E-state index in [1.54, 1.807) is 7.11 Å². The summed E-state index contributed by atoms with van der Waals surface area (Å²) in [4.78, 5) is 24.3. The first-order chi connectivity index (χ1) is 16.2. The van der Waals surface area contributed by atoms with E-state index >= 15 is 0 Å². The van der Waals surface area contributed by atoms with Crippen LogP contribution in [-0.2, 0) is 23.7 Å². The zero-order valence-corrected chi connectivity index (χ0v) is 20.9. The normalized spacial score (nSPS) is 40.9. The average Bonchev–Trinajstić information content (AvgIpc) is 3.72. The third-order valence-electron chi connectivity index (χ3n) is 8.10. The smallest absolute Gasteiger partial charge is 0.407 e. The zero-order valence-electron chi connectivity index (χ0n) is 20.9. The molecular formula is C25H41N3O6. The fraction of sp³-hybridized carbons (Fsp3) is 0.840. The number of rotatable bonds is 8. The van der Waals surface area contributed by atoms with Crippen molar-refractivity contribution in [3.8, 4) is 0 Å². The van der Waals surface area contributed by atoms with Gasteiger partial charge in [-0.1, -0.05) is 11.6 Å². The highest BCUT2D eigenvalue weighted by atomic mass is 16.6. The number of alkyl carbamates (subject to hydrolysis) is 1. The standard InChI is InChI=1S/C25H41N3O6/c1-15(2)5-10-19-24(3,34-19)22-21(31-4)18(11-12-25(22)14-32-25)33-23(30)28-17-8-6-16(7-9-17)27-20(29)13-26/h5,16-19,21-22H,6-14,26H2,1-4H3,(H,27,29)(H,28,30)/t16-,17+,18?,19-,21?,22?,24?,25+/m1/s1. The molecule has 4 fully saturated rings. The van der Waals surface area contributed by atoms with E-state index < -0.39 is 6.09 Å². The second kappa shape index (κ2) is 10.1. The lowest BCUT2D eigenvalue weighted by atomic mass is 9.68. The Labute approximate surface area is 202 Å². The predicted molar refractivity (Wildman–Crippen MR) is 126 cm³/mol. The minimum atomic E-state index is -0.407. The Kier molecular flexibility index (Phi) is 7.57. The lowest BCUT2D eigenvalue weighted by molar-refractivity contribution is -0.120. The fourth-order valence-electron chi connectivity index (χ4n) is 6.08. The van der Waals surface area contributed by atoms with E-state index in [2.05, 4.69) is 37.5 Å². The third-order valence-corrected chi connectivity index (χ3v) is 8.10. The lowest BCUT2D eigenvalue weighted by Gasteiger charge is -2.42. The molecule has 2 aliphatic carbocycles. The Bertz CT molecular complexity index is 788. The molecule has 2 heterocycles. The molecule has 4 unspecified atom stereocenters. The molecular weight excluding hydrogens is 438 g/mol. The summed E-state index contributed by atoms with van der Waals surface area (Å²) in [5.41, 5.74) is 6.06. The molecule has 4 N–H and O–H groups in total. The number of allylic oxidation sites excluding steroid dienone is 1. The van der Waals surface area contributed by atoms with Crippen LogP contribution in [0.15, 0.2) is 11.6 Å². The van der Waals surface area contributed by atoms with Gasteiger partial charge in [-0.05, 0) is 65.7 Å². The van der Waals surface area contributed by atoms with Crippen molar-refractivity contribution in [2.45, 2.75) is 107 Å². The Morgan fingerprint density at radius 3 is 2.32 bits per heavy atom. The van der Waals surface area contributed by atoms with Gasteiger partial charge < -0.3 is 35.3 Å². The number of nitrogens with one attached hydrogen (secondary N) is 2. The molecule has 9 nitrogen and oxygen atoms in total. The third kappa shape index (κ3) is 5.42. The molecule has 0 bridgehead atoms. The van der Waals surface area contributed by atoms with Gasteiger partial charge in [-0.2, -0.15) is 0 Å². The van der Waals surface area contributed by atoms with Crippen molar-refractivity contribution in [2.75, 3.05) is 20.3 Å². The van der Waals surface area contributed by atoms with Crippen molar-refractivity contribution in [2.24, 2.45) is 11.7 Å². The number of hydrogen-bond donors (Lipinski definition) is 3. The summed E-state index contributed by atoms with van der Waals surface area (Å²) in [5.74, 6) is -0.129. The van der Waals surface area contributed by atoms with E-state index in [9.17, 15) is 9.59 Å². The van der Waals surface area contributed by atoms with Crippen molar-refractivity contribution < 1.29 is 28.5 Å². The number of amides is 2. The van der Waals surface area contributed by atoms with Crippen LogP contribution in [0.5, 0.6) is 0 Å². The van der Waals surface area contributed by atoms with Crippen molar-refractivity contribution in [3.63, 3.8) is 0 Å². The molecule has 4 rings (SSSR count). The fourth-order valence-corrected chi connectivity index (χ4v) is 6.08. The van der Waals surface area contributed by atoms with Crippen molar-refractivity contribution >= 4 is 12.0 Å². The highest BCUT2D eigenvalue weighted by Crippen LogP contribution is 2.59. The zero-order chi connectivity index (χ0) is 24.5. The Morgan fingerprint density at radius 2 is 1.76 bits per heavy atom. The van der Waals surface area contributed by atoms with Crippen LogP contribution >= 0.6 is 0 Å². The van der Waals surface area contributed by atoms with Crippen LogP contribution in [0.4, 0.5) is 4.79 Å². The van der Waals surface area contributed by atoms with Crippen LogP contribution in [0.1, 0.15) is 65.7 Å². The summed E-state index contributed by atoms with van der Waals surface area (Å²) >= 11 is 0. The van der Waals surface area contributed by atoms with Gasteiger partial charge in [0.1, 0.15) is 23.4 Å². The molecule has 192 valence electrons. The van der Waals surface area contributed by atoms with Gasteiger partial charge in [0.05, 0.1) is 25.2 Å². The maximum absolute atomic E-state index is 12.8. The molecule has 2 aliphatic heterocycles. The molecule has 0 aromatic heterocycles. The molecule has 2 saturated carbocycles. The Hall–Kier alpha value is -1.68. The van der Waals surface area contributed by atoms with E-state index in [1.165, 1.54) is 5.57 Å². The van der Waals surface area contributed by atoms with Crippen LogP contribution < -0.4 is 16.4 Å². The summed E-state index contributed by atoms with van der Waals surface area (Å²) < 4.78 is 24.1. The summed E-state index contributed by atoms with van der Waals surface area (Å²) in [6.45, 7) is 7.03. The van der Waals surface area contributed by atoms with Gasteiger partial charge >= 0.3 is 6.09 Å². The molecule has 9 heteroatoms. The summed E-state index contributed by atoms with van der Waals surface area (Å²) in [5, 5.41) is 5.95. The number of methoxy groups -OCH3 is 1. The second-order valence-electron chi connectivity index (χ2n) is 10.8. The van der Waals surface area contributed by atoms with Crippen LogP contribution in [0.2, 0.25) is 0 Å². The van der Waals surface area contributed by atoms with Gasteiger partial charge in [-0.25, -0.2) is 4.79 Å². The first kappa shape index (κ1) is 25.4. The number of carbonyl (C=O) groups excluding carboxylic acids is 2. The van der Waals surface area contributed by atoms with Gasteiger partial charge in [-0.15, -0.1) is 0 Å². The summed E-state index contributed by atoms with van der Waals surface area (Å²) in [6, 6.07) is 0.158. The molecule has 4 aliphatic rings. The largest absolute Gasteiger partial charge is 0.443 e. The van der Waals surface area contributed by atoms with Gasteiger partial charge in [0.15, 0.2) is 0 Å². The minimum absolute atomic E-state index is 0.000341. The van der Waals surface area contributed by atoms with Crippen molar-refractivity contribution in [3.05, 3.63) is 11.6 Å². The van der Waals surface area contributed by atoms with E-state index in [0.29, 0.717) is 13.0 Å². The maximum Gasteiger partial charge on any atom is 0.407 e. The van der Waals surface area contributed by atoms with E-state index in [4.69, 9.17) is 24.7 Å². The minimum Gasteiger partial charge on any atom is -0.443 e. The predicted octanol–water partition coefficient (Wildman–Crippen LogP) is 2.18. The van der Waals surface area contributed by atoms with Crippen LogP contribution in [0.25, 0.3) is 0 Å². The number of epoxide rings is 2. The number of nitrogens with two attached hydrogens (primary N) is 1. The molecule has 1 spiro atoms. The molecule has 2 amide bonds. The number of hydrogen-bond acceptors (Lipinski definition) is 7. The summed E-state index contributed by atoms with van der Waals surface area (Å²) in [7, 11) is 1.68. The topological polar surface area (TPSA) is 128 Å². The van der Waals surface area contributed by atoms with Gasteiger partial charge in [0, 0.05) is 19.2 Å². The van der Waals surface area contributed by atoms with E-state index in [-0.39, 0.29) is 60.0 Å². The summed E-state index contributed by atoms with van der Waals surface area (Å²) in [6.07, 6.45) is 6.88. The van der Waals surface area contributed by atoms with Crippen molar-refractivity contribution in [1.29, 1.82) is 0 Å². The Morgan fingerprint density at radius 1 is 1.12 bits per heavy atom. The van der Waals surface area contributed by atoms with Crippen molar-refractivity contribution in [1.82, 2.24) is 10.6 Å². The Balaban J connectivity index is 1.32. The van der Waals surface area contributed by atoms with Crippen LogP contribution in [0, 0.1) is 5.92 Å². The molecule has 34 heavy (non-hydrogen) atoms. The first-order valence-corrected chi connectivity index (χ1v) is 12.7. The van der Waals surface area contributed by atoms with Crippen LogP contribution in [-0.4, -0.2) is 73.9 Å². The second-order valence-corrected chi connectivity index (χ2v) is 10.8. The highest BCUT2D eigenvalue weighted by molar-refractivity contribution is 5.78. The monoisotopic (exact) mass is 479 g/mol. The van der Waals surface area contributed by atoms with Crippen LogP contribution in [0.3, 0.4) is 0 Å². The number of carbonyl (C=O) groups is 2. The number of ether oxygens (including phenoxy) is 4. The van der Waals surface area contributed by atoms with Gasteiger partial charge in [-0.3, -0.25) is 4.79 Å². The van der Waals surface area contributed by atoms with E-state index in [1.807, 2.05) is 0 Å². The SMILES string of the molecule is COC1C(OC(=O)N[C@H]2CC[C@@H](NC(=O)CN)CC2)CC[C@]2(CO2)C1C1(C)O[C@@H]1CC=C(C)C.